The average molecular weight is 266 g/mol. The molecule has 5 heteroatoms. The van der Waals surface area contributed by atoms with Gasteiger partial charge in [-0.05, 0) is 31.5 Å². The standard InChI is InChI=1S/C14H19FN2O2/c1-9(2)8-16-14(18)17-10(3)11-5-6-13(19-4)12(15)7-11/h5-7,10H,1,8H2,2-4H3,(H2,16,17,18)/t10-/m0/s1. The molecule has 4 nitrogen and oxygen atoms in total. The van der Waals surface area contributed by atoms with Crippen LogP contribution >= 0.6 is 0 Å². The van der Waals surface area contributed by atoms with Crippen molar-refractivity contribution >= 4 is 6.03 Å². The Bertz CT molecular complexity index is 475. The van der Waals surface area contributed by atoms with E-state index < -0.39 is 5.82 Å². The Labute approximate surface area is 112 Å². The number of halogens is 1. The van der Waals surface area contributed by atoms with E-state index in [9.17, 15) is 9.18 Å². The summed E-state index contributed by atoms with van der Waals surface area (Å²) in [7, 11) is 1.41. The monoisotopic (exact) mass is 266 g/mol. The van der Waals surface area contributed by atoms with Crippen molar-refractivity contribution in [2.45, 2.75) is 19.9 Å². The van der Waals surface area contributed by atoms with E-state index in [2.05, 4.69) is 17.2 Å². The second-order valence-electron chi connectivity index (χ2n) is 4.40. The van der Waals surface area contributed by atoms with E-state index in [1.165, 1.54) is 19.2 Å². The number of amides is 2. The molecule has 1 aromatic carbocycles. The van der Waals surface area contributed by atoms with Gasteiger partial charge in [0.2, 0.25) is 0 Å². The van der Waals surface area contributed by atoms with E-state index in [0.717, 1.165) is 5.57 Å². The molecule has 0 aliphatic heterocycles. The predicted molar refractivity (Wildman–Crippen MR) is 72.7 cm³/mol. The third-order valence-corrected chi connectivity index (χ3v) is 2.57. The Morgan fingerprint density at radius 2 is 2.21 bits per heavy atom. The highest BCUT2D eigenvalue weighted by molar-refractivity contribution is 5.74. The first-order valence-electron chi connectivity index (χ1n) is 5.96. The molecule has 2 amide bonds. The molecule has 0 fully saturated rings. The highest BCUT2D eigenvalue weighted by Crippen LogP contribution is 2.21. The van der Waals surface area contributed by atoms with Crippen LogP contribution in [-0.4, -0.2) is 19.7 Å². The Kier molecular flexibility index (Phi) is 5.36. The maximum absolute atomic E-state index is 13.5. The number of carbonyl (C=O) groups is 1. The summed E-state index contributed by atoms with van der Waals surface area (Å²) in [5, 5.41) is 5.37. The fourth-order valence-electron chi connectivity index (χ4n) is 1.51. The molecule has 2 N–H and O–H groups in total. The van der Waals surface area contributed by atoms with Gasteiger partial charge in [0, 0.05) is 6.54 Å². The predicted octanol–water partition coefficient (Wildman–Crippen LogP) is 2.77. The molecule has 0 radical (unpaired) electrons. The van der Waals surface area contributed by atoms with Gasteiger partial charge in [-0.3, -0.25) is 0 Å². The minimum atomic E-state index is -0.448. The summed E-state index contributed by atoms with van der Waals surface area (Å²) in [5.74, 6) is -0.265. The molecule has 0 spiro atoms. The second-order valence-corrected chi connectivity index (χ2v) is 4.40. The molecule has 0 aliphatic rings. The summed E-state index contributed by atoms with van der Waals surface area (Å²) in [6, 6.07) is 3.99. The van der Waals surface area contributed by atoms with Crippen LogP contribution in [0.15, 0.2) is 30.4 Å². The number of carbonyl (C=O) groups excluding carboxylic acids is 1. The van der Waals surface area contributed by atoms with Gasteiger partial charge >= 0.3 is 6.03 Å². The van der Waals surface area contributed by atoms with Crippen LogP contribution in [0.3, 0.4) is 0 Å². The second kappa shape index (κ2) is 6.78. The van der Waals surface area contributed by atoms with Crippen molar-refractivity contribution in [2.24, 2.45) is 0 Å². The van der Waals surface area contributed by atoms with Crippen molar-refractivity contribution in [2.75, 3.05) is 13.7 Å². The third kappa shape index (κ3) is 4.62. The van der Waals surface area contributed by atoms with Crippen LogP contribution in [0, 0.1) is 5.82 Å². The largest absolute Gasteiger partial charge is 0.494 e. The highest BCUT2D eigenvalue weighted by atomic mass is 19.1. The number of benzene rings is 1. The quantitative estimate of drug-likeness (QED) is 0.805. The Morgan fingerprint density at radius 3 is 2.74 bits per heavy atom. The third-order valence-electron chi connectivity index (χ3n) is 2.57. The van der Waals surface area contributed by atoms with Gasteiger partial charge < -0.3 is 15.4 Å². The summed E-state index contributed by atoms with van der Waals surface area (Å²) in [4.78, 5) is 11.6. The SMILES string of the molecule is C=C(C)CNC(=O)N[C@@H](C)c1ccc(OC)c(F)c1. The molecule has 0 aliphatic carbocycles. The molecule has 19 heavy (non-hydrogen) atoms. The number of hydrogen-bond donors (Lipinski definition) is 2. The topological polar surface area (TPSA) is 50.4 Å². The van der Waals surface area contributed by atoms with Crippen LogP contribution < -0.4 is 15.4 Å². The molecule has 1 aromatic rings. The zero-order valence-corrected chi connectivity index (χ0v) is 11.4. The fraction of sp³-hybridized carbons (Fsp3) is 0.357. The Hall–Kier alpha value is -2.04. The van der Waals surface area contributed by atoms with Crippen LogP contribution in [0.25, 0.3) is 0 Å². The number of hydrogen-bond acceptors (Lipinski definition) is 2. The number of rotatable bonds is 5. The lowest BCUT2D eigenvalue weighted by atomic mass is 10.1. The van der Waals surface area contributed by atoms with E-state index in [0.29, 0.717) is 12.1 Å². The van der Waals surface area contributed by atoms with E-state index in [1.54, 1.807) is 13.0 Å². The van der Waals surface area contributed by atoms with Crippen molar-refractivity contribution in [3.05, 3.63) is 41.7 Å². The minimum absolute atomic E-state index is 0.183. The first-order valence-corrected chi connectivity index (χ1v) is 5.96. The van der Waals surface area contributed by atoms with Crippen molar-refractivity contribution in [1.82, 2.24) is 10.6 Å². The first-order chi connectivity index (χ1) is 8.93. The summed E-state index contributed by atoms with van der Waals surface area (Å²) in [6.45, 7) is 7.70. The molecular formula is C14H19FN2O2. The van der Waals surface area contributed by atoms with Crippen molar-refractivity contribution in [3.63, 3.8) is 0 Å². The van der Waals surface area contributed by atoms with Gasteiger partial charge in [0.25, 0.3) is 0 Å². The highest BCUT2D eigenvalue weighted by Gasteiger charge is 2.11. The van der Waals surface area contributed by atoms with E-state index >= 15 is 0 Å². The normalized spacial score (nSPS) is 11.6. The lowest BCUT2D eigenvalue weighted by Gasteiger charge is -2.15. The van der Waals surface area contributed by atoms with Crippen LogP contribution in [0.4, 0.5) is 9.18 Å². The molecule has 0 bridgehead atoms. The molecule has 1 atom stereocenters. The molecular weight excluding hydrogens is 247 g/mol. The summed E-state index contributed by atoms with van der Waals surface area (Å²) >= 11 is 0. The van der Waals surface area contributed by atoms with Crippen molar-refractivity contribution < 1.29 is 13.9 Å². The zero-order valence-electron chi connectivity index (χ0n) is 11.4. The van der Waals surface area contributed by atoms with E-state index in [4.69, 9.17) is 4.74 Å². The minimum Gasteiger partial charge on any atom is -0.494 e. The van der Waals surface area contributed by atoms with Gasteiger partial charge in [0.15, 0.2) is 11.6 Å². The van der Waals surface area contributed by atoms with Gasteiger partial charge in [-0.1, -0.05) is 18.2 Å². The maximum atomic E-state index is 13.5. The van der Waals surface area contributed by atoms with Gasteiger partial charge in [-0.2, -0.15) is 0 Å². The van der Waals surface area contributed by atoms with Gasteiger partial charge in [-0.25, -0.2) is 9.18 Å². The molecule has 0 heterocycles. The smallest absolute Gasteiger partial charge is 0.315 e. The van der Waals surface area contributed by atoms with Gasteiger partial charge in [0.1, 0.15) is 0 Å². The maximum Gasteiger partial charge on any atom is 0.315 e. The fourth-order valence-corrected chi connectivity index (χ4v) is 1.51. The zero-order chi connectivity index (χ0) is 14.4. The summed E-state index contributed by atoms with van der Waals surface area (Å²) in [6.07, 6.45) is 0. The van der Waals surface area contributed by atoms with Gasteiger partial charge in [0.05, 0.1) is 13.2 Å². The van der Waals surface area contributed by atoms with E-state index in [-0.39, 0.29) is 17.8 Å². The molecule has 0 unspecified atom stereocenters. The van der Waals surface area contributed by atoms with E-state index in [1.807, 2.05) is 6.92 Å². The lowest BCUT2D eigenvalue weighted by molar-refractivity contribution is 0.238. The summed E-state index contributed by atoms with van der Waals surface area (Å²) in [5.41, 5.74) is 1.53. The Balaban J connectivity index is 2.62. The number of urea groups is 1. The van der Waals surface area contributed by atoms with Gasteiger partial charge in [-0.15, -0.1) is 0 Å². The molecule has 104 valence electrons. The Morgan fingerprint density at radius 1 is 1.53 bits per heavy atom. The molecule has 0 aromatic heterocycles. The van der Waals surface area contributed by atoms with Crippen LogP contribution in [0.2, 0.25) is 0 Å². The number of methoxy groups -OCH3 is 1. The lowest BCUT2D eigenvalue weighted by Crippen LogP contribution is -2.37. The van der Waals surface area contributed by atoms with Crippen LogP contribution in [-0.2, 0) is 0 Å². The number of ether oxygens (including phenoxy) is 1. The molecule has 1 rings (SSSR count). The molecule has 0 saturated heterocycles. The van der Waals surface area contributed by atoms with Crippen molar-refractivity contribution in [3.8, 4) is 5.75 Å². The van der Waals surface area contributed by atoms with Crippen LogP contribution in [0.5, 0.6) is 5.75 Å². The van der Waals surface area contributed by atoms with Crippen LogP contribution in [0.1, 0.15) is 25.5 Å². The average Bonchev–Trinajstić information content (AvgIpc) is 2.36. The summed E-state index contributed by atoms with van der Waals surface area (Å²) < 4.78 is 18.4. The number of nitrogens with one attached hydrogen (secondary N) is 2. The molecule has 0 saturated carbocycles. The first kappa shape index (κ1) is 15.0. The van der Waals surface area contributed by atoms with Crippen molar-refractivity contribution in [1.29, 1.82) is 0 Å².